The zero-order valence-electron chi connectivity index (χ0n) is 15.2. The number of benzene rings is 2. The zero-order chi connectivity index (χ0) is 22.3. The van der Waals surface area contributed by atoms with Crippen molar-refractivity contribution in [2.24, 2.45) is 0 Å². The second-order valence-corrected chi connectivity index (χ2v) is 9.65. The number of hydrogen-bond donors (Lipinski definition) is 6. The Morgan fingerprint density at radius 3 is 1.80 bits per heavy atom. The first-order chi connectivity index (χ1) is 13.9. The largest absolute Gasteiger partial charge is 0.394 e. The molecule has 2 aliphatic carbocycles. The van der Waals surface area contributed by atoms with E-state index in [9.17, 15) is 30.6 Å². The van der Waals surface area contributed by atoms with E-state index < -0.39 is 45.4 Å². The van der Waals surface area contributed by atoms with Gasteiger partial charge in [0.2, 0.25) is 0 Å². The molecule has 2 aliphatic rings. The molecule has 162 valence electrons. The summed E-state index contributed by atoms with van der Waals surface area (Å²) in [4.78, 5) is -4.71. The molecule has 4 rings (SSSR count). The third-order valence-corrected chi connectivity index (χ3v) is 8.74. The van der Waals surface area contributed by atoms with E-state index in [1.54, 1.807) is 12.1 Å². The van der Waals surface area contributed by atoms with E-state index in [4.69, 9.17) is 46.4 Å². The highest BCUT2D eigenvalue weighted by Gasteiger charge is 3.04. The maximum atomic E-state index is 11.7. The van der Waals surface area contributed by atoms with Gasteiger partial charge in [0.1, 0.15) is 22.0 Å². The minimum Gasteiger partial charge on any atom is -0.394 e. The van der Waals surface area contributed by atoms with Gasteiger partial charge in [-0.05, 0) is 23.3 Å². The van der Waals surface area contributed by atoms with Gasteiger partial charge in [-0.1, -0.05) is 59.6 Å². The lowest BCUT2D eigenvalue weighted by atomic mass is 9.29. The monoisotopic (exact) mass is 494 g/mol. The van der Waals surface area contributed by atoms with Gasteiger partial charge >= 0.3 is 0 Å². The summed E-state index contributed by atoms with van der Waals surface area (Å²) in [5.74, 6) is 0. The topological polar surface area (TPSA) is 121 Å². The van der Waals surface area contributed by atoms with Gasteiger partial charge in [-0.15, -0.1) is 23.2 Å². The lowest BCUT2D eigenvalue weighted by molar-refractivity contribution is -0.481. The van der Waals surface area contributed by atoms with E-state index in [0.717, 1.165) is 0 Å². The summed E-state index contributed by atoms with van der Waals surface area (Å²) in [6.07, 6.45) is -4.03. The van der Waals surface area contributed by atoms with Crippen molar-refractivity contribution >= 4 is 46.4 Å². The average molecular weight is 496 g/mol. The van der Waals surface area contributed by atoms with Gasteiger partial charge in [0.25, 0.3) is 0 Å². The molecule has 0 aromatic heterocycles. The summed E-state index contributed by atoms with van der Waals surface area (Å²) in [6.45, 7) is -1.04. The third-order valence-electron chi connectivity index (χ3n) is 6.62. The van der Waals surface area contributed by atoms with Gasteiger partial charge < -0.3 is 30.6 Å². The Kier molecular flexibility index (Phi) is 5.02. The number of hydrogen-bond acceptors (Lipinski definition) is 6. The highest BCUT2D eigenvalue weighted by Crippen LogP contribution is 2.83. The minimum absolute atomic E-state index is 0.00514. The van der Waals surface area contributed by atoms with E-state index >= 15 is 0 Å². The van der Waals surface area contributed by atoms with E-state index in [2.05, 4.69) is 0 Å². The second kappa shape index (κ2) is 6.68. The van der Waals surface area contributed by atoms with Crippen molar-refractivity contribution in [2.75, 3.05) is 6.61 Å². The maximum absolute atomic E-state index is 11.7. The molecule has 0 radical (unpaired) electrons. The first-order valence-corrected chi connectivity index (χ1v) is 10.5. The molecule has 7 atom stereocenters. The molecule has 30 heavy (non-hydrogen) atoms. The number of alkyl halides is 2. The number of aliphatic hydroxyl groups is 6. The van der Waals surface area contributed by atoms with Crippen molar-refractivity contribution in [3.05, 3.63) is 69.7 Å². The molecule has 0 bridgehead atoms. The Balaban J connectivity index is 2.03. The lowest BCUT2D eigenvalue weighted by Crippen LogP contribution is -3.09. The third kappa shape index (κ3) is 1.97. The van der Waals surface area contributed by atoms with Crippen LogP contribution in [0.5, 0.6) is 0 Å². The van der Waals surface area contributed by atoms with Crippen molar-refractivity contribution in [1.82, 2.24) is 0 Å². The zero-order valence-corrected chi connectivity index (χ0v) is 18.2. The normalized spacial score (nSPS) is 43.3. The summed E-state index contributed by atoms with van der Waals surface area (Å²) in [5, 5.41) is 66.1. The van der Waals surface area contributed by atoms with Crippen molar-refractivity contribution in [3.8, 4) is 0 Å². The molecule has 3 unspecified atom stereocenters. The Bertz CT molecular complexity index is 1020. The van der Waals surface area contributed by atoms with E-state index in [1.165, 1.54) is 36.4 Å². The molecular weight excluding hydrogens is 478 g/mol. The summed E-state index contributed by atoms with van der Waals surface area (Å²) in [5.41, 5.74) is -8.43. The van der Waals surface area contributed by atoms with Crippen molar-refractivity contribution in [1.29, 1.82) is 0 Å². The van der Waals surface area contributed by atoms with Crippen LogP contribution < -0.4 is 0 Å². The fraction of sp³-hybridized carbons (Fsp3) is 0.400. The van der Waals surface area contributed by atoms with Crippen LogP contribution in [0, 0.1) is 0 Å². The van der Waals surface area contributed by atoms with Crippen molar-refractivity contribution in [2.45, 2.75) is 38.8 Å². The van der Waals surface area contributed by atoms with Crippen molar-refractivity contribution < 1.29 is 30.6 Å². The minimum atomic E-state index is -2.85. The van der Waals surface area contributed by atoms with Crippen LogP contribution in [0.4, 0.5) is 0 Å². The van der Waals surface area contributed by atoms with Gasteiger partial charge in [-0.2, -0.15) is 0 Å². The Morgan fingerprint density at radius 1 is 0.867 bits per heavy atom. The van der Waals surface area contributed by atoms with Gasteiger partial charge in [-0.3, -0.25) is 0 Å². The quantitative estimate of drug-likeness (QED) is 0.357. The Labute approximate surface area is 191 Å². The molecule has 0 saturated heterocycles. The molecule has 0 aliphatic heterocycles. The second-order valence-electron chi connectivity index (χ2n) is 7.67. The van der Waals surface area contributed by atoms with Crippen molar-refractivity contribution in [3.63, 3.8) is 0 Å². The van der Waals surface area contributed by atoms with Crippen LogP contribution in [0.1, 0.15) is 11.1 Å². The van der Waals surface area contributed by atoms with E-state index in [1.807, 2.05) is 0 Å². The van der Waals surface area contributed by atoms with Crippen LogP contribution in [0.25, 0.3) is 0 Å². The predicted molar refractivity (Wildman–Crippen MR) is 112 cm³/mol. The lowest BCUT2D eigenvalue weighted by Gasteiger charge is -2.85. The molecule has 6 nitrogen and oxygen atoms in total. The SMILES string of the molecule is OC[C@@H](O)[C@]1(O)C(Cl)(c2ccccc2Cl)[C@]2(O)C(O)C(Cl)(c3ccccc3Cl)[C@@]21O. The van der Waals surface area contributed by atoms with Gasteiger partial charge in [0.15, 0.2) is 16.8 Å². The fourth-order valence-corrected chi connectivity index (χ4v) is 7.16. The average Bonchev–Trinajstić information content (AvgIpc) is 2.75. The van der Waals surface area contributed by atoms with Gasteiger partial charge in [-0.25, -0.2) is 0 Å². The molecule has 2 saturated carbocycles. The van der Waals surface area contributed by atoms with Crippen LogP contribution >= 0.6 is 46.4 Å². The highest BCUT2D eigenvalue weighted by atomic mass is 35.5. The van der Waals surface area contributed by atoms with Crippen LogP contribution in [0.2, 0.25) is 10.0 Å². The standard InChI is InChI=1S/C20H18Cl4O6/c21-12-7-3-1-5-10(12)16(23)15(27)19(29)17(24,11-6-2-4-8-13(11)22)18(28,14(26)9-25)20(16,19)30/h1-8,14-15,25-30H,9H2/t14-,15?,16?,17?,18+,19-,20+/m1/s1. The molecule has 6 N–H and O–H groups in total. The molecule has 0 heterocycles. The summed E-state index contributed by atoms with van der Waals surface area (Å²) < 4.78 is 0. The predicted octanol–water partition coefficient (Wildman–Crippen LogP) is 1.50. The van der Waals surface area contributed by atoms with Gasteiger partial charge in [0, 0.05) is 10.0 Å². The molecular formula is C20H18Cl4O6. The first kappa shape index (κ1) is 22.6. The molecule has 10 heteroatoms. The van der Waals surface area contributed by atoms with Crippen LogP contribution in [0.15, 0.2) is 48.5 Å². The highest BCUT2D eigenvalue weighted by molar-refractivity contribution is 6.37. The smallest absolute Gasteiger partial charge is 0.157 e. The van der Waals surface area contributed by atoms with E-state index in [0.29, 0.717) is 0 Å². The van der Waals surface area contributed by atoms with Crippen LogP contribution in [0.3, 0.4) is 0 Å². The number of aliphatic hydroxyl groups excluding tert-OH is 3. The maximum Gasteiger partial charge on any atom is 0.157 e. The fourth-order valence-electron chi connectivity index (χ4n) is 5.22. The molecule has 2 fully saturated rings. The first-order valence-electron chi connectivity index (χ1n) is 8.94. The van der Waals surface area contributed by atoms with E-state index in [-0.39, 0.29) is 21.2 Å². The number of fused-ring (bicyclic) bond motifs is 1. The molecule has 2 aromatic carbocycles. The number of rotatable bonds is 4. The summed E-state index contributed by atoms with van der Waals surface area (Å²) in [6, 6.07) is 11.8. The molecule has 0 amide bonds. The van der Waals surface area contributed by atoms with Crippen LogP contribution in [-0.2, 0) is 9.75 Å². The molecule has 2 aromatic rings. The number of halogens is 4. The summed E-state index contributed by atoms with van der Waals surface area (Å²) >= 11 is 25.8. The Hall–Kier alpha value is -0.640. The Morgan fingerprint density at radius 2 is 1.33 bits per heavy atom. The van der Waals surface area contributed by atoms with Gasteiger partial charge in [0.05, 0.1) is 6.61 Å². The van der Waals surface area contributed by atoms with Crippen LogP contribution in [-0.4, -0.2) is 66.3 Å². The molecule has 0 spiro atoms. The summed E-state index contributed by atoms with van der Waals surface area (Å²) in [7, 11) is 0.